The molecule has 0 aliphatic carbocycles. The minimum absolute atomic E-state index is 0.474. The molecule has 2 rings (SSSR count). The average molecular weight is 303 g/mol. The third-order valence-electron chi connectivity index (χ3n) is 3.73. The van der Waals surface area contributed by atoms with Gasteiger partial charge >= 0.3 is 7.12 Å². The SMILES string of the molecule is CC1(C)OB(C(F)=Cc2c(F)cnc(F)c2F)OC1(C)C. The van der Waals surface area contributed by atoms with E-state index in [1.807, 2.05) is 0 Å². The summed E-state index contributed by atoms with van der Waals surface area (Å²) in [6, 6.07) is 0. The summed E-state index contributed by atoms with van der Waals surface area (Å²) in [4.78, 5) is 2.86. The second kappa shape index (κ2) is 5.10. The van der Waals surface area contributed by atoms with Crippen LogP contribution >= 0.6 is 0 Å². The smallest absolute Gasteiger partial charge is 0.398 e. The highest BCUT2D eigenvalue weighted by Gasteiger charge is 2.53. The summed E-state index contributed by atoms with van der Waals surface area (Å²) in [5.41, 5.74) is -3.53. The van der Waals surface area contributed by atoms with Crippen LogP contribution in [-0.4, -0.2) is 23.3 Å². The molecular weight excluding hydrogens is 289 g/mol. The van der Waals surface area contributed by atoms with Crippen LogP contribution in [0.25, 0.3) is 6.08 Å². The lowest BCUT2D eigenvalue weighted by Gasteiger charge is -2.32. The van der Waals surface area contributed by atoms with Crippen LogP contribution in [-0.2, 0) is 9.31 Å². The standard InChI is InChI=1S/C13H14BF4NO2/c1-12(2)13(3,4)21-14(20-12)9(16)5-7-8(15)6-19-11(18)10(7)17/h5-6H,1-4H3. The second-order valence-electron chi connectivity index (χ2n) is 5.74. The van der Waals surface area contributed by atoms with Gasteiger partial charge in [-0.25, -0.2) is 18.2 Å². The maximum Gasteiger partial charge on any atom is 0.525 e. The molecule has 0 aromatic carbocycles. The molecule has 0 amide bonds. The van der Waals surface area contributed by atoms with Gasteiger partial charge in [-0.15, -0.1) is 0 Å². The third-order valence-corrected chi connectivity index (χ3v) is 3.73. The predicted molar refractivity (Wildman–Crippen MR) is 69.3 cm³/mol. The molecule has 114 valence electrons. The number of rotatable bonds is 2. The minimum atomic E-state index is -1.57. The minimum Gasteiger partial charge on any atom is -0.398 e. The largest absolute Gasteiger partial charge is 0.525 e. The van der Waals surface area contributed by atoms with E-state index >= 15 is 0 Å². The van der Waals surface area contributed by atoms with Gasteiger partial charge in [0.05, 0.1) is 23.0 Å². The average Bonchev–Trinajstić information content (AvgIpc) is 2.59. The summed E-state index contributed by atoms with van der Waals surface area (Å²) < 4.78 is 64.7. The highest BCUT2D eigenvalue weighted by atomic mass is 19.2. The van der Waals surface area contributed by atoms with Crippen LogP contribution < -0.4 is 0 Å². The van der Waals surface area contributed by atoms with E-state index in [1.54, 1.807) is 27.7 Å². The van der Waals surface area contributed by atoms with E-state index in [0.717, 1.165) is 0 Å². The third kappa shape index (κ3) is 2.82. The quantitative estimate of drug-likeness (QED) is 0.476. The van der Waals surface area contributed by atoms with Crippen LogP contribution in [0.4, 0.5) is 17.6 Å². The molecule has 1 aromatic rings. The molecular formula is C13H14BF4NO2. The zero-order chi connectivity index (χ0) is 16.0. The van der Waals surface area contributed by atoms with E-state index in [1.165, 1.54) is 0 Å². The van der Waals surface area contributed by atoms with Gasteiger partial charge in [0.15, 0.2) is 11.6 Å². The maximum absolute atomic E-state index is 14.1. The van der Waals surface area contributed by atoms with E-state index in [4.69, 9.17) is 9.31 Å². The normalized spacial score (nSPS) is 21.0. The molecule has 21 heavy (non-hydrogen) atoms. The molecule has 0 saturated carbocycles. The Morgan fingerprint density at radius 3 is 2.19 bits per heavy atom. The van der Waals surface area contributed by atoms with Crippen molar-refractivity contribution in [2.75, 3.05) is 0 Å². The van der Waals surface area contributed by atoms with Gasteiger partial charge in [-0.2, -0.15) is 4.39 Å². The molecule has 8 heteroatoms. The topological polar surface area (TPSA) is 31.4 Å². The maximum atomic E-state index is 14.1. The summed E-state index contributed by atoms with van der Waals surface area (Å²) >= 11 is 0. The fourth-order valence-electron chi connectivity index (χ4n) is 1.75. The van der Waals surface area contributed by atoms with Crippen LogP contribution in [0.15, 0.2) is 11.9 Å². The fourth-order valence-corrected chi connectivity index (χ4v) is 1.75. The highest BCUT2D eigenvalue weighted by molar-refractivity contribution is 6.54. The first kappa shape index (κ1) is 16.0. The van der Waals surface area contributed by atoms with Crippen molar-refractivity contribution in [3.05, 3.63) is 35.1 Å². The summed E-state index contributed by atoms with van der Waals surface area (Å²) in [7, 11) is -1.41. The lowest BCUT2D eigenvalue weighted by Crippen LogP contribution is -2.41. The monoisotopic (exact) mass is 303 g/mol. The lowest BCUT2D eigenvalue weighted by molar-refractivity contribution is 0.00578. The van der Waals surface area contributed by atoms with Crippen molar-refractivity contribution in [1.29, 1.82) is 0 Å². The Morgan fingerprint density at radius 2 is 1.67 bits per heavy atom. The molecule has 0 N–H and O–H groups in total. The number of nitrogens with zero attached hydrogens (tertiary/aromatic N) is 1. The Balaban J connectivity index is 2.34. The first-order valence-corrected chi connectivity index (χ1v) is 6.27. The number of pyridine rings is 1. The van der Waals surface area contributed by atoms with Gasteiger partial charge in [0, 0.05) is 0 Å². The molecule has 0 spiro atoms. The first-order valence-electron chi connectivity index (χ1n) is 6.27. The zero-order valence-electron chi connectivity index (χ0n) is 12.0. The Kier molecular flexibility index (Phi) is 3.88. The van der Waals surface area contributed by atoms with Crippen molar-refractivity contribution in [2.24, 2.45) is 0 Å². The van der Waals surface area contributed by atoms with Gasteiger partial charge in [0.1, 0.15) is 5.73 Å². The number of hydrogen-bond acceptors (Lipinski definition) is 3. The summed E-state index contributed by atoms with van der Waals surface area (Å²) in [5.74, 6) is -4.26. The van der Waals surface area contributed by atoms with E-state index in [9.17, 15) is 17.6 Å². The zero-order valence-corrected chi connectivity index (χ0v) is 12.0. The van der Waals surface area contributed by atoms with E-state index < -0.39 is 47.2 Å². The summed E-state index contributed by atoms with van der Waals surface area (Å²) in [6.07, 6.45) is 0.985. The molecule has 0 radical (unpaired) electrons. The van der Waals surface area contributed by atoms with Crippen molar-refractivity contribution in [3.8, 4) is 0 Å². The van der Waals surface area contributed by atoms with Gasteiger partial charge in [-0.3, -0.25) is 0 Å². The van der Waals surface area contributed by atoms with Gasteiger partial charge < -0.3 is 9.31 Å². The van der Waals surface area contributed by atoms with Crippen LogP contribution in [0, 0.1) is 17.6 Å². The summed E-state index contributed by atoms with van der Waals surface area (Å²) in [5, 5.41) is 0. The number of aromatic nitrogens is 1. The van der Waals surface area contributed by atoms with Crippen molar-refractivity contribution in [1.82, 2.24) is 4.98 Å². The van der Waals surface area contributed by atoms with Gasteiger partial charge in [-0.05, 0) is 33.8 Å². The highest BCUT2D eigenvalue weighted by Crippen LogP contribution is 2.39. The lowest BCUT2D eigenvalue weighted by atomic mass is 9.87. The van der Waals surface area contributed by atoms with Gasteiger partial charge in [0.25, 0.3) is 0 Å². The molecule has 2 heterocycles. The predicted octanol–water partition coefficient (Wildman–Crippen LogP) is 3.44. The van der Waals surface area contributed by atoms with E-state index in [2.05, 4.69) is 4.98 Å². The molecule has 0 atom stereocenters. The Hall–Kier alpha value is -1.41. The Bertz CT molecular complexity index is 588. The second-order valence-corrected chi connectivity index (χ2v) is 5.74. The van der Waals surface area contributed by atoms with Crippen LogP contribution in [0.3, 0.4) is 0 Å². The summed E-state index contributed by atoms with van der Waals surface area (Å²) in [6.45, 7) is 6.81. The van der Waals surface area contributed by atoms with E-state index in [-0.39, 0.29) is 0 Å². The van der Waals surface area contributed by atoms with Crippen molar-refractivity contribution in [2.45, 2.75) is 38.9 Å². The van der Waals surface area contributed by atoms with Gasteiger partial charge in [0.2, 0.25) is 5.95 Å². The molecule has 1 saturated heterocycles. The molecule has 3 nitrogen and oxygen atoms in total. The van der Waals surface area contributed by atoms with Crippen LogP contribution in [0.1, 0.15) is 33.3 Å². The number of halogens is 4. The molecule has 1 fully saturated rings. The molecule has 0 bridgehead atoms. The van der Waals surface area contributed by atoms with Crippen LogP contribution in [0.2, 0.25) is 0 Å². The molecule has 1 aromatic heterocycles. The van der Waals surface area contributed by atoms with Crippen LogP contribution in [0.5, 0.6) is 0 Å². The van der Waals surface area contributed by atoms with Crippen molar-refractivity contribution >= 4 is 13.2 Å². The molecule has 1 aliphatic heterocycles. The Morgan fingerprint density at radius 1 is 1.14 bits per heavy atom. The van der Waals surface area contributed by atoms with Crippen molar-refractivity contribution in [3.63, 3.8) is 0 Å². The first-order chi connectivity index (χ1) is 9.55. The van der Waals surface area contributed by atoms with E-state index in [0.29, 0.717) is 12.3 Å². The number of hydrogen-bond donors (Lipinski definition) is 0. The Labute approximate surface area is 120 Å². The van der Waals surface area contributed by atoms with Crippen molar-refractivity contribution < 1.29 is 26.9 Å². The fraction of sp³-hybridized carbons (Fsp3) is 0.462. The van der Waals surface area contributed by atoms with Gasteiger partial charge in [-0.1, -0.05) is 0 Å². The molecule has 0 unspecified atom stereocenters. The molecule has 1 aliphatic rings.